The number of ether oxygens (including phenoxy) is 1. The molecule has 3 nitrogen and oxygen atoms in total. The molecule has 0 aromatic carbocycles. The van der Waals surface area contributed by atoms with E-state index in [1.165, 1.54) is 64.6 Å². The predicted octanol–water partition coefficient (Wildman–Crippen LogP) is 2.41. The van der Waals surface area contributed by atoms with Crippen molar-refractivity contribution >= 4 is 0 Å². The fourth-order valence-corrected chi connectivity index (χ4v) is 3.47. The molecule has 0 atom stereocenters. The molecule has 0 aromatic heterocycles. The van der Waals surface area contributed by atoms with Crippen LogP contribution in [-0.2, 0) is 4.74 Å². The minimum Gasteiger partial charge on any atom is -0.381 e. The van der Waals surface area contributed by atoms with E-state index in [-0.39, 0.29) is 0 Å². The van der Waals surface area contributed by atoms with Gasteiger partial charge in [-0.05, 0) is 51.5 Å². The Morgan fingerprint density at radius 1 is 1.06 bits per heavy atom. The lowest BCUT2D eigenvalue weighted by Crippen LogP contribution is -2.46. The molecule has 3 heteroatoms. The molecule has 0 spiro atoms. The summed E-state index contributed by atoms with van der Waals surface area (Å²) in [6.07, 6.45) is 9.74. The van der Waals surface area contributed by atoms with E-state index in [4.69, 9.17) is 4.74 Å². The number of hydrogen-bond acceptors (Lipinski definition) is 3. The topological polar surface area (TPSA) is 24.5 Å². The second-order valence-corrected chi connectivity index (χ2v) is 5.93. The third-order valence-corrected chi connectivity index (χ3v) is 4.71. The van der Waals surface area contributed by atoms with Gasteiger partial charge in [0, 0.05) is 32.3 Å². The van der Waals surface area contributed by atoms with Gasteiger partial charge in [-0.15, -0.1) is 0 Å². The summed E-state index contributed by atoms with van der Waals surface area (Å²) in [6, 6.07) is 1.64. The maximum atomic E-state index is 5.45. The number of hydrogen-bond donors (Lipinski definition) is 1. The normalized spacial score (nSPS) is 31.7. The third kappa shape index (κ3) is 3.94. The molecule has 2 aliphatic rings. The van der Waals surface area contributed by atoms with E-state index in [1.807, 2.05) is 7.11 Å². The summed E-state index contributed by atoms with van der Waals surface area (Å²) in [7, 11) is 1.85. The lowest BCUT2D eigenvalue weighted by molar-refractivity contribution is 0.0194. The van der Waals surface area contributed by atoms with E-state index in [2.05, 4.69) is 17.1 Å². The zero-order valence-electron chi connectivity index (χ0n) is 12.2. The van der Waals surface area contributed by atoms with E-state index in [1.54, 1.807) is 0 Å². The van der Waals surface area contributed by atoms with Gasteiger partial charge in [0.25, 0.3) is 0 Å². The number of rotatable bonds is 5. The second kappa shape index (κ2) is 7.46. The molecule has 1 N–H and O–H groups in total. The van der Waals surface area contributed by atoms with Crippen LogP contribution in [0.25, 0.3) is 0 Å². The molecule has 0 aromatic rings. The fraction of sp³-hybridized carbons (Fsp3) is 1.00. The summed E-state index contributed by atoms with van der Waals surface area (Å²) in [5.41, 5.74) is 0. The van der Waals surface area contributed by atoms with E-state index in [0.717, 1.165) is 12.1 Å². The average molecular weight is 254 g/mol. The molecule has 1 saturated heterocycles. The van der Waals surface area contributed by atoms with Crippen molar-refractivity contribution in [3.63, 3.8) is 0 Å². The van der Waals surface area contributed by atoms with Crippen molar-refractivity contribution in [3.8, 4) is 0 Å². The zero-order chi connectivity index (χ0) is 12.8. The molecule has 1 saturated carbocycles. The summed E-state index contributed by atoms with van der Waals surface area (Å²) < 4.78 is 5.45. The Morgan fingerprint density at radius 3 is 2.28 bits per heavy atom. The highest BCUT2D eigenvalue weighted by Gasteiger charge is 2.28. The van der Waals surface area contributed by atoms with Gasteiger partial charge in [0.05, 0.1) is 6.10 Å². The minimum absolute atomic E-state index is 0.517. The van der Waals surface area contributed by atoms with Crippen molar-refractivity contribution in [2.75, 3.05) is 26.7 Å². The summed E-state index contributed by atoms with van der Waals surface area (Å²) in [5.74, 6) is 0. The Kier molecular flexibility index (Phi) is 5.93. The van der Waals surface area contributed by atoms with E-state index >= 15 is 0 Å². The van der Waals surface area contributed by atoms with Gasteiger partial charge in [-0.1, -0.05) is 6.92 Å². The van der Waals surface area contributed by atoms with Crippen LogP contribution in [0.3, 0.4) is 0 Å². The lowest BCUT2D eigenvalue weighted by Gasteiger charge is -2.40. The summed E-state index contributed by atoms with van der Waals surface area (Å²) in [5, 5.41) is 3.67. The highest BCUT2D eigenvalue weighted by molar-refractivity contribution is 4.85. The summed E-state index contributed by atoms with van der Waals surface area (Å²) in [4.78, 5) is 2.71. The van der Waals surface area contributed by atoms with Crippen molar-refractivity contribution in [2.45, 2.75) is 70.1 Å². The fourth-order valence-electron chi connectivity index (χ4n) is 3.47. The Balaban J connectivity index is 1.67. The van der Waals surface area contributed by atoms with Gasteiger partial charge in [-0.2, -0.15) is 0 Å². The van der Waals surface area contributed by atoms with E-state index in [9.17, 15) is 0 Å². The molecule has 1 aliphatic carbocycles. The zero-order valence-corrected chi connectivity index (χ0v) is 12.2. The van der Waals surface area contributed by atoms with Gasteiger partial charge in [-0.25, -0.2) is 0 Å². The van der Waals surface area contributed by atoms with Crippen LogP contribution in [0.15, 0.2) is 0 Å². The maximum absolute atomic E-state index is 5.45. The van der Waals surface area contributed by atoms with Crippen LogP contribution in [0.2, 0.25) is 0 Å². The molecule has 0 bridgehead atoms. The molecule has 2 rings (SSSR count). The van der Waals surface area contributed by atoms with Gasteiger partial charge < -0.3 is 15.0 Å². The molecule has 0 amide bonds. The first kappa shape index (κ1) is 14.3. The molecular formula is C15H30N2O. The Bertz CT molecular complexity index is 219. The molecule has 18 heavy (non-hydrogen) atoms. The van der Waals surface area contributed by atoms with Gasteiger partial charge in [0.15, 0.2) is 0 Å². The Labute approximate surface area is 112 Å². The average Bonchev–Trinajstić information content (AvgIpc) is 2.46. The third-order valence-electron chi connectivity index (χ3n) is 4.71. The number of likely N-dealkylation sites (tertiary alicyclic amines) is 1. The maximum Gasteiger partial charge on any atom is 0.0595 e. The van der Waals surface area contributed by atoms with Crippen molar-refractivity contribution in [3.05, 3.63) is 0 Å². The highest BCUT2D eigenvalue weighted by Crippen LogP contribution is 2.26. The summed E-state index contributed by atoms with van der Waals surface area (Å²) in [6.45, 7) is 5.93. The van der Waals surface area contributed by atoms with Crippen molar-refractivity contribution < 1.29 is 4.74 Å². The van der Waals surface area contributed by atoms with Crippen LogP contribution in [-0.4, -0.2) is 49.8 Å². The Hall–Kier alpha value is -0.120. The minimum atomic E-state index is 0.517. The van der Waals surface area contributed by atoms with Crippen LogP contribution >= 0.6 is 0 Å². The summed E-state index contributed by atoms with van der Waals surface area (Å²) >= 11 is 0. The predicted molar refractivity (Wildman–Crippen MR) is 75.9 cm³/mol. The highest BCUT2D eigenvalue weighted by atomic mass is 16.5. The smallest absolute Gasteiger partial charge is 0.0595 e. The van der Waals surface area contributed by atoms with Gasteiger partial charge in [0.1, 0.15) is 0 Å². The number of piperidine rings is 1. The van der Waals surface area contributed by atoms with Crippen LogP contribution in [0.4, 0.5) is 0 Å². The molecule has 106 valence electrons. The Morgan fingerprint density at radius 2 is 1.72 bits per heavy atom. The van der Waals surface area contributed by atoms with Gasteiger partial charge >= 0.3 is 0 Å². The largest absolute Gasteiger partial charge is 0.381 e. The molecule has 1 aliphatic heterocycles. The SMILES string of the molecule is CCCNC1CCC(N2CCC(OC)CC2)CC1. The van der Waals surface area contributed by atoms with E-state index in [0.29, 0.717) is 6.10 Å². The molecule has 0 unspecified atom stereocenters. The molecular weight excluding hydrogens is 224 g/mol. The quantitative estimate of drug-likeness (QED) is 0.815. The molecule has 0 radical (unpaired) electrons. The van der Waals surface area contributed by atoms with Crippen LogP contribution in [0.5, 0.6) is 0 Å². The number of methoxy groups -OCH3 is 1. The van der Waals surface area contributed by atoms with Crippen molar-refractivity contribution in [1.29, 1.82) is 0 Å². The van der Waals surface area contributed by atoms with Crippen molar-refractivity contribution in [2.24, 2.45) is 0 Å². The van der Waals surface area contributed by atoms with Crippen LogP contribution < -0.4 is 5.32 Å². The number of nitrogens with zero attached hydrogens (tertiary/aromatic N) is 1. The lowest BCUT2D eigenvalue weighted by atomic mass is 9.89. The second-order valence-electron chi connectivity index (χ2n) is 5.93. The van der Waals surface area contributed by atoms with Crippen molar-refractivity contribution in [1.82, 2.24) is 10.2 Å². The monoisotopic (exact) mass is 254 g/mol. The van der Waals surface area contributed by atoms with Crippen LogP contribution in [0, 0.1) is 0 Å². The van der Waals surface area contributed by atoms with Crippen LogP contribution in [0.1, 0.15) is 51.9 Å². The first-order valence-electron chi connectivity index (χ1n) is 7.83. The first-order chi connectivity index (χ1) is 8.83. The van der Waals surface area contributed by atoms with Gasteiger partial charge in [-0.3, -0.25) is 0 Å². The molecule has 2 fully saturated rings. The first-order valence-corrected chi connectivity index (χ1v) is 7.83. The standard InChI is InChI=1S/C15H30N2O/c1-3-10-16-13-4-6-14(7-5-13)17-11-8-15(18-2)9-12-17/h13-16H,3-12H2,1-2H3. The van der Waals surface area contributed by atoms with E-state index < -0.39 is 0 Å². The molecule has 1 heterocycles. The van der Waals surface area contributed by atoms with Gasteiger partial charge in [0.2, 0.25) is 0 Å². The number of nitrogens with one attached hydrogen (secondary N) is 1.